The Hall–Kier alpha value is -0.460. The molecule has 3 atom stereocenters. The zero-order valence-electron chi connectivity index (χ0n) is 9.87. The lowest BCUT2D eigenvalue weighted by Gasteiger charge is -2.31. The first kappa shape index (κ1) is 13.0. The second kappa shape index (κ2) is 5.04. The molecule has 96 valence electrons. The van der Waals surface area contributed by atoms with Crippen LogP contribution >= 0.6 is 11.3 Å². The molecule has 0 amide bonds. The molecule has 0 radical (unpaired) electrons. The molecule has 6 heteroatoms. The lowest BCUT2D eigenvalue weighted by Crippen LogP contribution is -2.33. The van der Waals surface area contributed by atoms with Crippen molar-refractivity contribution in [1.29, 1.82) is 0 Å². The van der Waals surface area contributed by atoms with Crippen LogP contribution in [0.5, 0.6) is 0 Å². The minimum atomic E-state index is -2.93. The van der Waals surface area contributed by atoms with E-state index in [4.69, 9.17) is 5.73 Å². The summed E-state index contributed by atoms with van der Waals surface area (Å²) >= 11 is 1.53. The summed E-state index contributed by atoms with van der Waals surface area (Å²) in [6.07, 6.45) is 4.73. The standard InChI is InChI=1S/C11H18N2O2S2/c1-17(14,15)9-4-2-3-8(5-9)11(12)10-6-16-7-13-10/h6-9,11H,2-5,12H2,1H3. The Bertz CT molecular complexity index is 456. The predicted molar refractivity (Wildman–Crippen MR) is 69.6 cm³/mol. The number of thiazole rings is 1. The molecule has 3 unspecified atom stereocenters. The summed E-state index contributed by atoms with van der Waals surface area (Å²) in [6, 6.07) is -0.120. The number of aromatic nitrogens is 1. The monoisotopic (exact) mass is 274 g/mol. The van der Waals surface area contributed by atoms with Gasteiger partial charge < -0.3 is 5.73 Å². The van der Waals surface area contributed by atoms with Gasteiger partial charge in [0.2, 0.25) is 0 Å². The number of hydrogen-bond acceptors (Lipinski definition) is 5. The smallest absolute Gasteiger partial charge is 0.150 e. The van der Waals surface area contributed by atoms with Gasteiger partial charge in [-0.15, -0.1) is 11.3 Å². The summed E-state index contributed by atoms with van der Waals surface area (Å²) in [7, 11) is -2.93. The fraction of sp³-hybridized carbons (Fsp3) is 0.727. The highest BCUT2D eigenvalue weighted by atomic mass is 32.2. The Morgan fingerprint density at radius 1 is 1.53 bits per heavy atom. The largest absolute Gasteiger partial charge is 0.322 e. The van der Waals surface area contributed by atoms with Crippen LogP contribution in [-0.2, 0) is 9.84 Å². The van der Waals surface area contributed by atoms with Crippen LogP contribution in [0.4, 0.5) is 0 Å². The van der Waals surface area contributed by atoms with Crippen molar-refractivity contribution in [2.75, 3.05) is 6.26 Å². The molecule has 1 aromatic heterocycles. The van der Waals surface area contributed by atoms with Gasteiger partial charge in [0.15, 0.2) is 0 Å². The molecule has 0 saturated heterocycles. The van der Waals surface area contributed by atoms with E-state index >= 15 is 0 Å². The number of nitrogens with zero attached hydrogens (tertiary/aromatic N) is 1. The highest BCUT2D eigenvalue weighted by molar-refractivity contribution is 7.91. The Labute approximate surface area is 106 Å². The number of hydrogen-bond donors (Lipinski definition) is 1. The molecule has 2 N–H and O–H groups in total. The summed E-state index contributed by atoms with van der Waals surface area (Å²) in [6.45, 7) is 0. The molecular formula is C11H18N2O2S2. The van der Waals surface area contributed by atoms with Crippen molar-refractivity contribution in [3.8, 4) is 0 Å². The van der Waals surface area contributed by atoms with Crippen LogP contribution in [0.1, 0.15) is 37.4 Å². The molecule has 1 saturated carbocycles. The van der Waals surface area contributed by atoms with Crippen LogP contribution in [0.2, 0.25) is 0 Å². The molecule has 1 aliphatic carbocycles. The zero-order valence-corrected chi connectivity index (χ0v) is 11.5. The van der Waals surface area contributed by atoms with Crippen molar-refractivity contribution in [3.63, 3.8) is 0 Å². The van der Waals surface area contributed by atoms with E-state index in [0.29, 0.717) is 6.42 Å². The van der Waals surface area contributed by atoms with Gasteiger partial charge >= 0.3 is 0 Å². The number of sulfone groups is 1. The Morgan fingerprint density at radius 3 is 2.88 bits per heavy atom. The van der Waals surface area contributed by atoms with Gasteiger partial charge in [-0.2, -0.15) is 0 Å². The maximum absolute atomic E-state index is 11.6. The van der Waals surface area contributed by atoms with E-state index in [1.54, 1.807) is 5.51 Å². The average Bonchev–Trinajstić information content (AvgIpc) is 2.80. The minimum absolute atomic E-state index is 0.120. The van der Waals surface area contributed by atoms with Gasteiger partial charge in [-0.3, -0.25) is 0 Å². The van der Waals surface area contributed by atoms with Crippen LogP contribution in [0.15, 0.2) is 10.9 Å². The van der Waals surface area contributed by atoms with Gasteiger partial charge in [0.25, 0.3) is 0 Å². The molecule has 0 aromatic carbocycles. The molecular weight excluding hydrogens is 256 g/mol. The van der Waals surface area contributed by atoms with Crippen LogP contribution in [0.25, 0.3) is 0 Å². The lowest BCUT2D eigenvalue weighted by molar-refractivity contribution is 0.306. The first-order valence-corrected chi connectivity index (χ1v) is 8.70. The van der Waals surface area contributed by atoms with Gasteiger partial charge in [-0.1, -0.05) is 6.42 Å². The Morgan fingerprint density at radius 2 is 2.29 bits per heavy atom. The third-order valence-electron chi connectivity index (χ3n) is 3.57. The van der Waals surface area contributed by atoms with Crippen LogP contribution in [-0.4, -0.2) is 24.9 Å². The fourth-order valence-corrected chi connectivity index (χ4v) is 4.32. The van der Waals surface area contributed by atoms with E-state index in [1.807, 2.05) is 5.38 Å². The third-order valence-corrected chi connectivity index (χ3v) is 5.82. The molecule has 0 aliphatic heterocycles. The third kappa shape index (κ3) is 3.05. The van der Waals surface area contributed by atoms with Gasteiger partial charge in [-0.05, 0) is 25.2 Å². The molecule has 1 heterocycles. The molecule has 17 heavy (non-hydrogen) atoms. The molecule has 1 aromatic rings. The molecule has 1 fully saturated rings. The zero-order chi connectivity index (χ0) is 12.5. The highest BCUT2D eigenvalue weighted by Gasteiger charge is 2.32. The topological polar surface area (TPSA) is 73.0 Å². The molecule has 1 aliphatic rings. The SMILES string of the molecule is CS(=O)(=O)C1CCCC(C(N)c2cscn2)C1. The van der Waals surface area contributed by atoms with Gasteiger partial charge in [0.05, 0.1) is 22.5 Å². The first-order chi connectivity index (χ1) is 7.98. The average molecular weight is 274 g/mol. The predicted octanol–water partition coefficient (Wildman–Crippen LogP) is 1.75. The van der Waals surface area contributed by atoms with Crippen molar-refractivity contribution in [2.45, 2.75) is 37.0 Å². The fourth-order valence-electron chi connectivity index (χ4n) is 2.52. The highest BCUT2D eigenvalue weighted by Crippen LogP contribution is 2.35. The molecule has 0 spiro atoms. The first-order valence-electron chi connectivity index (χ1n) is 5.81. The normalized spacial score (nSPS) is 27.9. The van der Waals surface area contributed by atoms with Gasteiger partial charge in [0.1, 0.15) is 9.84 Å². The second-order valence-electron chi connectivity index (χ2n) is 4.82. The number of nitrogens with two attached hydrogens (primary N) is 1. The van der Waals surface area contributed by atoms with E-state index in [0.717, 1.165) is 25.0 Å². The molecule has 0 bridgehead atoms. The van der Waals surface area contributed by atoms with Crippen molar-refractivity contribution >= 4 is 21.2 Å². The van der Waals surface area contributed by atoms with Crippen LogP contribution < -0.4 is 5.73 Å². The van der Waals surface area contributed by atoms with E-state index in [9.17, 15) is 8.42 Å². The Balaban J connectivity index is 2.07. The summed E-state index contributed by atoms with van der Waals surface area (Å²) in [4.78, 5) is 4.22. The van der Waals surface area contributed by atoms with Gasteiger partial charge in [0, 0.05) is 11.6 Å². The van der Waals surface area contributed by atoms with Crippen LogP contribution in [0, 0.1) is 5.92 Å². The van der Waals surface area contributed by atoms with E-state index < -0.39 is 9.84 Å². The van der Waals surface area contributed by atoms with Crippen molar-refractivity contribution < 1.29 is 8.42 Å². The summed E-state index contributed by atoms with van der Waals surface area (Å²) < 4.78 is 23.2. The second-order valence-corrected chi connectivity index (χ2v) is 7.86. The molecule has 2 rings (SSSR count). The summed E-state index contributed by atoms with van der Waals surface area (Å²) in [5, 5.41) is 1.74. The molecule has 4 nitrogen and oxygen atoms in total. The maximum Gasteiger partial charge on any atom is 0.150 e. The summed E-state index contributed by atoms with van der Waals surface area (Å²) in [5.41, 5.74) is 8.84. The van der Waals surface area contributed by atoms with E-state index in [2.05, 4.69) is 4.98 Å². The van der Waals surface area contributed by atoms with E-state index in [-0.39, 0.29) is 17.2 Å². The number of rotatable bonds is 3. The van der Waals surface area contributed by atoms with Crippen molar-refractivity contribution in [1.82, 2.24) is 4.98 Å². The summed E-state index contributed by atoms with van der Waals surface area (Å²) in [5.74, 6) is 0.241. The van der Waals surface area contributed by atoms with E-state index in [1.165, 1.54) is 17.6 Å². The minimum Gasteiger partial charge on any atom is -0.322 e. The van der Waals surface area contributed by atoms with Crippen molar-refractivity contribution in [3.05, 3.63) is 16.6 Å². The maximum atomic E-state index is 11.6. The van der Waals surface area contributed by atoms with Crippen LogP contribution in [0.3, 0.4) is 0 Å². The Kier molecular flexibility index (Phi) is 3.85. The quantitative estimate of drug-likeness (QED) is 0.911. The van der Waals surface area contributed by atoms with Crippen molar-refractivity contribution in [2.24, 2.45) is 11.7 Å². The lowest BCUT2D eigenvalue weighted by atomic mass is 9.83. The van der Waals surface area contributed by atoms with Gasteiger partial charge in [-0.25, -0.2) is 13.4 Å².